The van der Waals surface area contributed by atoms with Crippen LogP contribution in [0, 0.1) is 6.92 Å². The van der Waals surface area contributed by atoms with Crippen LogP contribution in [-0.4, -0.2) is 41.1 Å². The summed E-state index contributed by atoms with van der Waals surface area (Å²) in [6.45, 7) is 5.87. The molecular weight excluding hydrogens is 338 g/mol. The molecule has 3 aromatic rings. The molecule has 0 amide bonds. The molecule has 7 heteroatoms. The zero-order chi connectivity index (χ0) is 18.6. The van der Waals surface area contributed by atoms with Gasteiger partial charge in [0.15, 0.2) is 0 Å². The molecule has 0 aliphatic carbocycles. The van der Waals surface area contributed by atoms with Crippen LogP contribution in [0.3, 0.4) is 0 Å². The van der Waals surface area contributed by atoms with E-state index in [4.69, 9.17) is 10.7 Å². The Morgan fingerprint density at radius 2 is 1.81 bits per heavy atom. The number of piperazine rings is 1. The molecule has 0 atom stereocenters. The fraction of sp³-hybridized carbons (Fsp3) is 0.250. The maximum Gasteiger partial charge on any atom is 0.134 e. The van der Waals surface area contributed by atoms with Gasteiger partial charge in [0.25, 0.3) is 0 Å². The summed E-state index contributed by atoms with van der Waals surface area (Å²) in [4.78, 5) is 15.9. The van der Waals surface area contributed by atoms with Gasteiger partial charge in [0.2, 0.25) is 0 Å². The van der Waals surface area contributed by atoms with Crippen LogP contribution in [0.5, 0.6) is 0 Å². The summed E-state index contributed by atoms with van der Waals surface area (Å²) in [7, 11) is 0. The minimum Gasteiger partial charge on any atom is -0.399 e. The molecule has 0 bridgehead atoms. The summed E-state index contributed by atoms with van der Waals surface area (Å²) in [5.74, 6) is 2.38. The highest BCUT2D eigenvalue weighted by Gasteiger charge is 2.13. The summed E-state index contributed by atoms with van der Waals surface area (Å²) in [6, 6.07) is 11.7. The predicted molar refractivity (Wildman–Crippen MR) is 109 cm³/mol. The molecule has 0 radical (unpaired) electrons. The Kier molecular flexibility index (Phi) is 4.84. The van der Waals surface area contributed by atoms with Gasteiger partial charge < -0.3 is 21.3 Å². The summed E-state index contributed by atoms with van der Waals surface area (Å²) in [5, 5.41) is 6.60. The lowest BCUT2D eigenvalue weighted by Crippen LogP contribution is -2.43. The lowest BCUT2D eigenvalue weighted by molar-refractivity contribution is 0.585. The van der Waals surface area contributed by atoms with E-state index in [2.05, 4.69) is 31.6 Å². The molecular formula is C20H23N7. The molecule has 27 heavy (non-hydrogen) atoms. The van der Waals surface area contributed by atoms with Crippen molar-refractivity contribution < 1.29 is 0 Å². The van der Waals surface area contributed by atoms with Gasteiger partial charge >= 0.3 is 0 Å². The molecule has 1 aliphatic rings. The van der Waals surface area contributed by atoms with Crippen LogP contribution in [0.2, 0.25) is 0 Å². The van der Waals surface area contributed by atoms with E-state index in [-0.39, 0.29) is 0 Å². The van der Waals surface area contributed by atoms with Crippen molar-refractivity contribution in [1.29, 1.82) is 0 Å². The van der Waals surface area contributed by atoms with E-state index in [1.54, 1.807) is 6.20 Å². The van der Waals surface area contributed by atoms with E-state index in [0.29, 0.717) is 11.5 Å². The van der Waals surface area contributed by atoms with Crippen molar-refractivity contribution in [3.8, 4) is 11.3 Å². The zero-order valence-corrected chi connectivity index (χ0v) is 15.3. The van der Waals surface area contributed by atoms with Crippen molar-refractivity contribution >= 4 is 23.1 Å². The average molecular weight is 361 g/mol. The van der Waals surface area contributed by atoms with E-state index >= 15 is 0 Å². The van der Waals surface area contributed by atoms with Crippen LogP contribution < -0.4 is 21.3 Å². The Morgan fingerprint density at radius 3 is 2.63 bits per heavy atom. The van der Waals surface area contributed by atoms with Crippen LogP contribution >= 0.6 is 0 Å². The number of hydrogen-bond donors (Lipinski definition) is 3. The van der Waals surface area contributed by atoms with Crippen LogP contribution in [-0.2, 0) is 0 Å². The van der Waals surface area contributed by atoms with Gasteiger partial charge in [-0.2, -0.15) is 0 Å². The van der Waals surface area contributed by atoms with Gasteiger partial charge in [-0.1, -0.05) is 0 Å². The summed E-state index contributed by atoms with van der Waals surface area (Å²) in [5.41, 5.74) is 9.71. The van der Waals surface area contributed by atoms with E-state index in [0.717, 1.165) is 54.6 Å². The molecule has 1 saturated heterocycles. The summed E-state index contributed by atoms with van der Waals surface area (Å²) < 4.78 is 0. The number of anilines is 4. The van der Waals surface area contributed by atoms with Crippen molar-refractivity contribution in [2.45, 2.75) is 6.92 Å². The van der Waals surface area contributed by atoms with Gasteiger partial charge in [-0.3, -0.25) is 0 Å². The lowest BCUT2D eigenvalue weighted by Gasteiger charge is -2.28. The number of nitrogens with two attached hydrogens (primary N) is 1. The smallest absolute Gasteiger partial charge is 0.134 e. The lowest BCUT2D eigenvalue weighted by atomic mass is 10.1. The Hall–Kier alpha value is -3.19. The van der Waals surface area contributed by atoms with E-state index in [1.165, 1.54) is 0 Å². The Bertz CT molecular complexity index is 935. The molecule has 0 spiro atoms. The molecule has 4 N–H and O–H groups in total. The number of nitrogen functional groups attached to an aromatic ring is 1. The first-order valence-corrected chi connectivity index (χ1v) is 9.07. The number of nitrogens with one attached hydrogen (secondary N) is 2. The third-order valence-corrected chi connectivity index (χ3v) is 4.50. The minimum absolute atomic E-state index is 0.649. The second kappa shape index (κ2) is 7.59. The highest BCUT2D eigenvalue weighted by atomic mass is 15.2. The van der Waals surface area contributed by atoms with Crippen molar-refractivity contribution in [1.82, 2.24) is 20.3 Å². The number of aryl methyl sites for hydroxylation is 1. The Morgan fingerprint density at radius 1 is 1.00 bits per heavy atom. The molecule has 1 fully saturated rings. The van der Waals surface area contributed by atoms with Crippen molar-refractivity contribution in [3.63, 3.8) is 0 Å². The van der Waals surface area contributed by atoms with E-state index < -0.39 is 0 Å². The highest BCUT2D eigenvalue weighted by Crippen LogP contribution is 2.26. The van der Waals surface area contributed by atoms with Crippen molar-refractivity contribution in [2.75, 3.05) is 42.1 Å². The van der Waals surface area contributed by atoms with E-state index in [1.807, 2.05) is 43.5 Å². The molecule has 0 saturated carbocycles. The second-order valence-corrected chi connectivity index (χ2v) is 6.65. The van der Waals surface area contributed by atoms with Gasteiger partial charge in [0, 0.05) is 55.9 Å². The molecule has 3 aromatic heterocycles. The largest absolute Gasteiger partial charge is 0.399 e. The Labute approximate surface area is 158 Å². The van der Waals surface area contributed by atoms with Crippen LogP contribution in [0.4, 0.5) is 23.1 Å². The maximum absolute atomic E-state index is 6.13. The van der Waals surface area contributed by atoms with Gasteiger partial charge in [-0.25, -0.2) is 15.0 Å². The van der Waals surface area contributed by atoms with Gasteiger partial charge in [0.1, 0.15) is 17.5 Å². The van der Waals surface area contributed by atoms with Crippen LogP contribution in [0.1, 0.15) is 5.56 Å². The van der Waals surface area contributed by atoms with E-state index in [9.17, 15) is 0 Å². The minimum atomic E-state index is 0.649. The molecule has 4 heterocycles. The van der Waals surface area contributed by atoms with Gasteiger partial charge in [-0.15, -0.1) is 0 Å². The van der Waals surface area contributed by atoms with Crippen LogP contribution in [0.25, 0.3) is 11.3 Å². The first-order chi connectivity index (χ1) is 13.2. The standard InChI is InChI=1S/C20H23N7/c1-14-2-4-23-18(10-14)26-19-13-16(21)12-17(25-19)15-3-5-24-20(11-15)27-8-6-22-7-9-27/h2-5,10-13,22H,6-9H2,1H3,(H3,21,23,25,26). The number of hydrogen-bond acceptors (Lipinski definition) is 7. The molecule has 138 valence electrons. The monoisotopic (exact) mass is 361 g/mol. The van der Waals surface area contributed by atoms with Crippen molar-refractivity contribution in [2.24, 2.45) is 0 Å². The SMILES string of the molecule is Cc1ccnc(Nc2cc(N)cc(-c3ccnc(N4CCNCC4)c3)n2)c1. The van der Waals surface area contributed by atoms with Gasteiger partial charge in [-0.05, 0) is 42.8 Å². The number of aromatic nitrogens is 3. The summed E-state index contributed by atoms with van der Waals surface area (Å²) in [6.07, 6.45) is 3.60. The molecule has 4 rings (SSSR count). The first kappa shape index (κ1) is 17.2. The molecule has 0 aromatic carbocycles. The zero-order valence-electron chi connectivity index (χ0n) is 15.3. The quantitative estimate of drug-likeness (QED) is 0.658. The summed E-state index contributed by atoms with van der Waals surface area (Å²) >= 11 is 0. The fourth-order valence-corrected chi connectivity index (χ4v) is 3.14. The molecule has 1 aliphatic heterocycles. The average Bonchev–Trinajstić information content (AvgIpc) is 2.68. The molecule has 7 nitrogen and oxygen atoms in total. The fourth-order valence-electron chi connectivity index (χ4n) is 3.14. The first-order valence-electron chi connectivity index (χ1n) is 9.07. The van der Waals surface area contributed by atoms with Crippen molar-refractivity contribution in [3.05, 3.63) is 54.4 Å². The topological polar surface area (TPSA) is 92.0 Å². The third kappa shape index (κ3) is 4.15. The normalized spacial score (nSPS) is 14.2. The van der Waals surface area contributed by atoms with Crippen LogP contribution in [0.15, 0.2) is 48.8 Å². The number of pyridine rings is 3. The highest BCUT2D eigenvalue weighted by molar-refractivity contribution is 5.70. The maximum atomic E-state index is 6.13. The molecule has 0 unspecified atom stereocenters. The Balaban J connectivity index is 1.63. The van der Waals surface area contributed by atoms with Gasteiger partial charge in [0.05, 0.1) is 5.69 Å². The third-order valence-electron chi connectivity index (χ3n) is 4.50. The second-order valence-electron chi connectivity index (χ2n) is 6.65. The predicted octanol–water partition coefficient (Wildman–Crippen LogP) is 2.58. The number of rotatable bonds is 4. The number of nitrogens with zero attached hydrogens (tertiary/aromatic N) is 4.